The zero-order chi connectivity index (χ0) is 9.97. The van der Waals surface area contributed by atoms with Gasteiger partial charge in [0.05, 0.1) is 16.8 Å². The molecule has 72 valence electrons. The van der Waals surface area contributed by atoms with E-state index in [0.29, 0.717) is 5.02 Å². The van der Waals surface area contributed by atoms with Gasteiger partial charge in [0.15, 0.2) is 5.82 Å². The van der Waals surface area contributed by atoms with Crippen LogP contribution in [0.1, 0.15) is 0 Å². The van der Waals surface area contributed by atoms with Crippen LogP contribution in [0.5, 0.6) is 0 Å². The highest BCUT2D eigenvalue weighted by Crippen LogP contribution is 2.31. The molecule has 0 bridgehead atoms. The van der Waals surface area contributed by atoms with Gasteiger partial charge in [-0.2, -0.15) is 8.75 Å². The maximum atomic E-state index is 6.05. The first-order chi connectivity index (χ1) is 6.83. The molecule has 0 radical (unpaired) electrons. The molecule has 0 aliphatic heterocycles. The Kier molecular flexibility index (Phi) is 2.65. The number of benzene rings is 1. The molecule has 1 aromatic carbocycles. The van der Waals surface area contributed by atoms with Gasteiger partial charge in [0.25, 0.3) is 0 Å². The van der Waals surface area contributed by atoms with E-state index >= 15 is 0 Å². The second-order valence-corrected chi connectivity index (χ2v) is 3.63. The summed E-state index contributed by atoms with van der Waals surface area (Å²) in [5, 5.41) is 3.67. The number of nitrogens with one attached hydrogen (secondary N) is 1. The summed E-state index contributed by atoms with van der Waals surface area (Å²) >= 11 is 7.23. The Morgan fingerprint density at radius 1 is 1.29 bits per heavy atom. The second kappa shape index (κ2) is 3.94. The lowest BCUT2D eigenvalue weighted by Gasteiger charge is -2.01. The Morgan fingerprint density at radius 3 is 2.79 bits per heavy atom. The Bertz CT molecular complexity index is 441. The Morgan fingerprint density at radius 2 is 2.07 bits per heavy atom. The van der Waals surface area contributed by atoms with Crippen molar-refractivity contribution in [2.45, 2.75) is 0 Å². The number of aromatic nitrogens is 2. The van der Waals surface area contributed by atoms with Crippen molar-refractivity contribution in [3.8, 4) is 11.3 Å². The molecular formula is C9H8ClN3S. The molecule has 0 atom stereocenters. The summed E-state index contributed by atoms with van der Waals surface area (Å²) in [6, 6.07) is 7.60. The molecule has 5 heteroatoms. The standard InChI is InChI=1S/C9H8ClN3S/c1-11-9-8(12-14-13-9)6-4-2-3-5-7(6)10/h2-5H,1H3,(H,11,13). The highest BCUT2D eigenvalue weighted by molar-refractivity contribution is 6.99. The highest BCUT2D eigenvalue weighted by Gasteiger charge is 2.11. The van der Waals surface area contributed by atoms with Crippen LogP contribution in [-0.4, -0.2) is 15.8 Å². The first-order valence-electron chi connectivity index (χ1n) is 4.08. The minimum atomic E-state index is 0.691. The fourth-order valence-corrected chi connectivity index (χ4v) is 1.97. The molecule has 0 fully saturated rings. The van der Waals surface area contributed by atoms with Gasteiger partial charge < -0.3 is 5.32 Å². The average molecular weight is 226 g/mol. The van der Waals surface area contributed by atoms with Gasteiger partial charge in [-0.3, -0.25) is 0 Å². The van der Waals surface area contributed by atoms with Crippen molar-refractivity contribution in [1.82, 2.24) is 8.75 Å². The minimum absolute atomic E-state index is 0.691. The number of anilines is 1. The van der Waals surface area contributed by atoms with Crippen molar-refractivity contribution < 1.29 is 0 Å². The van der Waals surface area contributed by atoms with Crippen molar-refractivity contribution in [3.05, 3.63) is 29.3 Å². The van der Waals surface area contributed by atoms with E-state index in [-0.39, 0.29) is 0 Å². The van der Waals surface area contributed by atoms with Crippen molar-refractivity contribution in [2.75, 3.05) is 12.4 Å². The Balaban J connectivity index is 2.54. The van der Waals surface area contributed by atoms with Gasteiger partial charge in [-0.05, 0) is 6.07 Å². The summed E-state index contributed by atoms with van der Waals surface area (Å²) in [7, 11) is 1.82. The van der Waals surface area contributed by atoms with E-state index in [2.05, 4.69) is 14.1 Å². The smallest absolute Gasteiger partial charge is 0.167 e. The fourth-order valence-electron chi connectivity index (χ4n) is 1.18. The molecule has 2 rings (SSSR count). The zero-order valence-corrected chi connectivity index (χ0v) is 9.06. The van der Waals surface area contributed by atoms with E-state index in [1.165, 1.54) is 11.7 Å². The SMILES string of the molecule is CNc1nsnc1-c1ccccc1Cl. The second-order valence-electron chi connectivity index (χ2n) is 2.69. The van der Waals surface area contributed by atoms with Crippen molar-refractivity contribution >= 4 is 29.1 Å². The lowest BCUT2D eigenvalue weighted by molar-refractivity contribution is 1.40. The number of nitrogens with zero attached hydrogens (tertiary/aromatic N) is 2. The van der Waals surface area contributed by atoms with Crippen molar-refractivity contribution in [3.63, 3.8) is 0 Å². The van der Waals surface area contributed by atoms with E-state index in [1.807, 2.05) is 31.3 Å². The van der Waals surface area contributed by atoms with E-state index in [1.54, 1.807) is 0 Å². The first-order valence-corrected chi connectivity index (χ1v) is 5.19. The largest absolute Gasteiger partial charge is 0.370 e. The van der Waals surface area contributed by atoms with Crippen LogP contribution in [0, 0.1) is 0 Å². The molecule has 0 saturated carbocycles. The molecule has 14 heavy (non-hydrogen) atoms. The topological polar surface area (TPSA) is 37.8 Å². The average Bonchev–Trinajstić information content (AvgIpc) is 2.66. The molecule has 0 amide bonds. The lowest BCUT2D eigenvalue weighted by atomic mass is 10.1. The summed E-state index contributed by atoms with van der Waals surface area (Å²) in [6.45, 7) is 0. The lowest BCUT2D eigenvalue weighted by Crippen LogP contribution is -1.91. The molecular weight excluding hydrogens is 218 g/mol. The molecule has 0 aliphatic rings. The van der Waals surface area contributed by atoms with E-state index in [0.717, 1.165) is 17.1 Å². The van der Waals surface area contributed by atoms with Gasteiger partial charge in [-0.15, -0.1) is 0 Å². The van der Waals surface area contributed by atoms with Crippen LogP contribution in [0.25, 0.3) is 11.3 Å². The summed E-state index contributed by atoms with van der Waals surface area (Å²) in [6.07, 6.45) is 0. The van der Waals surface area contributed by atoms with Gasteiger partial charge in [0.1, 0.15) is 5.69 Å². The van der Waals surface area contributed by atoms with E-state index in [9.17, 15) is 0 Å². The highest BCUT2D eigenvalue weighted by atomic mass is 35.5. The third-order valence-corrected chi connectivity index (χ3v) is 2.71. The molecule has 0 spiro atoms. The maximum absolute atomic E-state index is 6.05. The molecule has 1 heterocycles. The van der Waals surface area contributed by atoms with Crippen LogP contribution in [0.15, 0.2) is 24.3 Å². The fraction of sp³-hybridized carbons (Fsp3) is 0.111. The zero-order valence-electron chi connectivity index (χ0n) is 7.49. The Hall–Kier alpha value is -1.13. The summed E-state index contributed by atoms with van der Waals surface area (Å²) < 4.78 is 8.31. The summed E-state index contributed by atoms with van der Waals surface area (Å²) in [5.74, 6) is 0.767. The van der Waals surface area contributed by atoms with Crippen LogP contribution >= 0.6 is 23.3 Å². The van der Waals surface area contributed by atoms with E-state index < -0.39 is 0 Å². The summed E-state index contributed by atoms with van der Waals surface area (Å²) in [5.41, 5.74) is 1.72. The molecule has 3 nitrogen and oxygen atoms in total. The van der Waals surface area contributed by atoms with Gasteiger partial charge >= 0.3 is 0 Å². The number of hydrogen-bond donors (Lipinski definition) is 1. The number of hydrogen-bond acceptors (Lipinski definition) is 4. The van der Waals surface area contributed by atoms with Gasteiger partial charge in [0.2, 0.25) is 0 Å². The predicted molar refractivity (Wildman–Crippen MR) is 59.9 cm³/mol. The maximum Gasteiger partial charge on any atom is 0.167 e. The minimum Gasteiger partial charge on any atom is -0.370 e. The normalized spacial score (nSPS) is 10.1. The number of halogens is 1. The van der Waals surface area contributed by atoms with Gasteiger partial charge in [-0.1, -0.05) is 29.8 Å². The van der Waals surface area contributed by atoms with Crippen LogP contribution in [0.2, 0.25) is 5.02 Å². The van der Waals surface area contributed by atoms with Crippen molar-refractivity contribution in [2.24, 2.45) is 0 Å². The van der Waals surface area contributed by atoms with Crippen LogP contribution in [-0.2, 0) is 0 Å². The predicted octanol–water partition coefficient (Wildman–Crippen LogP) is 2.90. The van der Waals surface area contributed by atoms with Crippen molar-refractivity contribution in [1.29, 1.82) is 0 Å². The Labute approximate surface area is 91.1 Å². The van der Waals surface area contributed by atoms with Crippen LogP contribution in [0.4, 0.5) is 5.82 Å². The quantitative estimate of drug-likeness (QED) is 0.854. The molecule has 2 aromatic rings. The van der Waals surface area contributed by atoms with E-state index in [4.69, 9.17) is 11.6 Å². The summed E-state index contributed by atoms with van der Waals surface area (Å²) in [4.78, 5) is 0. The van der Waals surface area contributed by atoms with Crippen LogP contribution in [0.3, 0.4) is 0 Å². The number of rotatable bonds is 2. The molecule has 0 aliphatic carbocycles. The monoisotopic (exact) mass is 225 g/mol. The van der Waals surface area contributed by atoms with Gasteiger partial charge in [-0.25, -0.2) is 0 Å². The molecule has 0 unspecified atom stereocenters. The van der Waals surface area contributed by atoms with Crippen LogP contribution < -0.4 is 5.32 Å². The van der Waals surface area contributed by atoms with Gasteiger partial charge in [0, 0.05) is 12.6 Å². The molecule has 0 saturated heterocycles. The molecule has 1 N–H and O–H groups in total. The third kappa shape index (κ3) is 1.58. The molecule has 1 aromatic heterocycles. The third-order valence-electron chi connectivity index (χ3n) is 1.85. The first kappa shape index (κ1) is 9.43.